The highest BCUT2D eigenvalue weighted by atomic mass is 32.2. The summed E-state index contributed by atoms with van der Waals surface area (Å²) in [6, 6.07) is 4.41. The van der Waals surface area contributed by atoms with Crippen molar-refractivity contribution < 1.29 is 22.7 Å². The van der Waals surface area contributed by atoms with Gasteiger partial charge in [0.15, 0.2) is 0 Å². The molecule has 0 aromatic heterocycles. The Labute approximate surface area is 165 Å². The number of hydrogen-bond acceptors (Lipinski definition) is 5. The zero-order valence-electron chi connectivity index (χ0n) is 16.3. The Morgan fingerprint density at radius 1 is 1.29 bits per heavy atom. The molecule has 0 bridgehead atoms. The maximum Gasteiger partial charge on any atom is 0.242 e. The molecule has 28 heavy (non-hydrogen) atoms. The van der Waals surface area contributed by atoms with E-state index in [-0.39, 0.29) is 17.6 Å². The molecule has 2 saturated heterocycles. The van der Waals surface area contributed by atoms with Gasteiger partial charge in [0.2, 0.25) is 21.8 Å². The van der Waals surface area contributed by atoms with Crippen molar-refractivity contribution in [3.8, 4) is 5.75 Å². The molecule has 2 heterocycles. The molecule has 0 saturated carbocycles. The first-order chi connectivity index (χ1) is 13.4. The fourth-order valence-electron chi connectivity index (χ4n) is 3.82. The van der Waals surface area contributed by atoms with Gasteiger partial charge in [0.05, 0.1) is 18.6 Å². The van der Waals surface area contributed by atoms with Gasteiger partial charge < -0.3 is 15.0 Å². The van der Waals surface area contributed by atoms with E-state index < -0.39 is 16.1 Å². The third-order valence-corrected chi connectivity index (χ3v) is 7.21. The maximum absolute atomic E-state index is 12.8. The number of carbonyl (C=O) groups excluding carboxylic acids is 2. The van der Waals surface area contributed by atoms with E-state index >= 15 is 0 Å². The van der Waals surface area contributed by atoms with Gasteiger partial charge in [-0.15, -0.1) is 0 Å². The monoisotopic (exact) mass is 409 g/mol. The number of carbonyl (C=O) groups is 2. The second-order valence-electron chi connectivity index (χ2n) is 7.11. The number of nitrogens with zero attached hydrogens (tertiary/aromatic N) is 2. The van der Waals surface area contributed by atoms with Gasteiger partial charge in [0, 0.05) is 25.2 Å². The molecule has 9 heteroatoms. The number of sulfonamides is 1. The number of methoxy groups -OCH3 is 1. The highest BCUT2D eigenvalue weighted by Gasteiger charge is 2.38. The molecule has 2 aliphatic rings. The minimum absolute atomic E-state index is 0.0226. The number of benzene rings is 1. The summed E-state index contributed by atoms with van der Waals surface area (Å²) in [4.78, 5) is 26.6. The van der Waals surface area contributed by atoms with Crippen LogP contribution >= 0.6 is 0 Å². The van der Waals surface area contributed by atoms with Crippen molar-refractivity contribution in [1.29, 1.82) is 0 Å². The summed E-state index contributed by atoms with van der Waals surface area (Å²) < 4.78 is 31.5. The lowest BCUT2D eigenvalue weighted by atomic mass is 10.2. The summed E-state index contributed by atoms with van der Waals surface area (Å²) in [5.41, 5.74) is 1.13. The molecule has 1 N–H and O–H groups in total. The van der Waals surface area contributed by atoms with Gasteiger partial charge >= 0.3 is 0 Å². The van der Waals surface area contributed by atoms with Crippen LogP contribution in [0.3, 0.4) is 0 Å². The second kappa shape index (κ2) is 8.48. The van der Waals surface area contributed by atoms with Crippen LogP contribution in [0.15, 0.2) is 18.2 Å². The minimum atomic E-state index is -3.44. The normalized spacial score (nSPS) is 20.6. The Morgan fingerprint density at radius 2 is 2.07 bits per heavy atom. The first-order valence-corrected chi connectivity index (χ1v) is 11.3. The van der Waals surface area contributed by atoms with Crippen LogP contribution in [0.5, 0.6) is 5.75 Å². The molecule has 1 aromatic carbocycles. The average molecular weight is 410 g/mol. The first-order valence-electron chi connectivity index (χ1n) is 9.66. The van der Waals surface area contributed by atoms with Crippen LogP contribution in [0.4, 0.5) is 11.4 Å². The molecule has 1 aromatic rings. The van der Waals surface area contributed by atoms with Gasteiger partial charge in [-0.3, -0.25) is 9.59 Å². The molecule has 1 unspecified atom stereocenters. The summed E-state index contributed by atoms with van der Waals surface area (Å²) >= 11 is 0. The van der Waals surface area contributed by atoms with Crippen LogP contribution < -0.4 is 15.0 Å². The van der Waals surface area contributed by atoms with Crippen LogP contribution in [0.1, 0.15) is 39.0 Å². The molecule has 0 aliphatic carbocycles. The minimum Gasteiger partial charge on any atom is -0.495 e. The van der Waals surface area contributed by atoms with Crippen LogP contribution in [0.25, 0.3) is 0 Å². The predicted molar refractivity (Wildman–Crippen MR) is 107 cm³/mol. The van der Waals surface area contributed by atoms with E-state index in [9.17, 15) is 18.0 Å². The van der Waals surface area contributed by atoms with Crippen molar-refractivity contribution in [2.24, 2.45) is 0 Å². The second-order valence-corrected chi connectivity index (χ2v) is 9.15. The van der Waals surface area contributed by atoms with Crippen molar-refractivity contribution in [3.05, 3.63) is 18.2 Å². The molecule has 8 nitrogen and oxygen atoms in total. The lowest BCUT2D eigenvalue weighted by Crippen LogP contribution is -2.44. The number of rotatable bonds is 7. The quantitative estimate of drug-likeness (QED) is 0.743. The summed E-state index contributed by atoms with van der Waals surface area (Å²) in [6.07, 6.45) is 2.95. The average Bonchev–Trinajstić information content (AvgIpc) is 3.31. The zero-order chi connectivity index (χ0) is 20.3. The molecule has 2 amide bonds. The SMILES string of the molecule is CCCS(=O)(=O)N1CCCC1C(=O)Nc1ccc(OC)c(N2CCCC2=O)c1. The van der Waals surface area contributed by atoms with Crippen molar-refractivity contribution in [3.63, 3.8) is 0 Å². The van der Waals surface area contributed by atoms with E-state index in [0.29, 0.717) is 55.9 Å². The Bertz CT molecular complexity index is 855. The van der Waals surface area contributed by atoms with Crippen molar-refractivity contribution >= 4 is 33.2 Å². The molecule has 2 aliphatic heterocycles. The third kappa shape index (κ3) is 4.15. The van der Waals surface area contributed by atoms with Crippen LogP contribution in [-0.4, -0.2) is 56.5 Å². The third-order valence-electron chi connectivity index (χ3n) is 5.14. The number of hydrogen-bond donors (Lipinski definition) is 1. The van der Waals surface area contributed by atoms with Gasteiger partial charge in [-0.25, -0.2) is 8.42 Å². The van der Waals surface area contributed by atoms with Gasteiger partial charge in [-0.1, -0.05) is 6.92 Å². The van der Waals surface area contributed by atoms with Gasteiger partial charge in [0.1, 0.15) is 11.8 Å². The topological polar surface area (TPSA) is 96.0 Å². The Hall–Kier alpha value is -2.13. The predicted octanol–water partition coefficient (Wildman–Crippen LogP) is 1.96. The summed E-state index contributed by atoms with van der Waals surface area (Å²) in [6.45, 7) is 2.79. The largest absolute Gasteiger partial charge is 0.495 e. The van der Waals surface area contributed by atoms with E-state index in [4.69, 9.17) is 4.74 Å². The smallest absolute Gasteiger partial charge is 0.242 e. The highest BCUT2D eigenvalue weighted by molar-refractivity contribution is 7.89. The zero-order valence-corrected chi connectivity index (χ0v) is 17.1. The van der Waals surface area contributed by atoms with Crippen molar-refractivity contribution in [2.75, 3.05) is 36.2 Å². The molecular weight excluding hydrogens is 382 g/mol. The Morgan fingerprint density at radius 3 is 2.71 bits per heavy atom. The van der Waals surface area contributed by atoms with Gasteiger partial charge in [-0.2, -0.15) is 4.31 Å². The molecular formula is C19H27N3O5S. The molecule has 0 spiro atoms. The fraction of sp³-hybridized carbons (Fsp3) is 0.579. The van der Waals surface area contributed by atoms with E-state index in [2.05, 4.69) is 5.32 Å². The summed E-state index contributed by atoms with van der Waals surface area (Å²) in [7, 11) is -1.90. The van der Waals surface area contributed by atoms with Crippen LogP contribution in [-0.2, 0) is 19.6 Å². The molecule has 2 fully saturated rings. The number of ether oxygens (including phenoxy) is 1. The molecule has 1 atom stereocenters. The van der Waals surface area contributed by atoms with E-state index in [1.54, 1.807) is 30.0 Å². The van der Waals surface area contributed by atoms with Gasteiger partial charge in [0.25, 0.3) is 0 Å². The lowest BCUT2D eigenvalue weighted by Gasteiger charge is -2.24. The van der Waals surface area contributed by atoms with Crippen molar-refractivity contribution in [1.82, 2.24) is 4.31 Å². The first kappa shape index (κ1) is 20.6. The molecule has 0 radical (unpaired) electrons. The molecule has 3 rings (SSSR count). The van der Waals surface area contributed by atoms with E-state index in [1.807, 2.05) is 0 Å². The molecule has 154 valence electrons. The fourth-order valence-corrected chi connectivity index (χ4v) is 5.56. The highest BCUT2D eigenvalue weighted by Crippen LogP contribution is 2.34. The van der Waals surface area contributed by atoms with Crippen molar-refractivity contribution in [2.45, 2.75) is 45.1 Å². The number of amides is 2. The number of anilines is 2. The Balaban J connectivity index is 1.79. The standard InChI is InChI=1S/C19H27N3O5S/c1-3-12-28(25,26)22-11-4-6-15(22)19(24)20-14-8-9-17(27-2)16(13-14)21-10-5-7-18(21)23/h8-9,13,15H,3-7,10-12H2,1-2H3,(H,20,24). The summed E-state index contributed by atoms with van der Waals surface area (Å²) in [5, 5.41) is 2.82. The van der Waals surface area contributed by atoms with Crippen LogP contribution in [0, 0.1) is 0 Å². The Kier molecular flexibility index (Phi) is 6.24. The maximum atomic E-state index is 12.8. The van der Waals surface area contributed by atoms with Gasteiger partial charge in [-0.05, 0) is 43.9 Å². The van der Waals surface area contributed by atoms with E-state index in [0.717, 1.165) is 6.42 Å². The lowest BCUT2D eigenvalue weighted by molar-refractivity contribution is -0.119. The number of nitrogens with one attached hydrogen (secondary N) is 1. The van der Waals surface area contributed by atoms with E-state index in [1.165, 1.54) is 11.4 Å². The summed E-state index contributed by atoms with van der Waals surface area (Å²) in [5.74, 6) is 0.275. The van der Waals surface area contributed by atoms with Crippen LogP contribution in [0.2, 0.25) is 0 Å².